The van der Waals surface area contributed by atoms with E-state index in [1.165, 1.54) is 0 Å². The van der Waals surface area contributed by atoms with E-state index in [0.29, 0.717) is 0 Å². The van der Waals surface area contributed by atoms with Gasteiger partial charge in [-0.25, -0.2) is 0 Å². The van der Waals surface area contributed by atoms with Crippen LogP contribution in [-0.4, -0.2) is 5.91 Å². The first-order chi connectivity index (χ1) is 10.2. The molecule has 0 aromatic heterocycles. The van der Waals surface area contributed by atoms with Crippen LogP contribution in [0.1, 0.15) is 18.1 Å². The lowest BCUT2D eigenvalue weighted by Gasteiger charge is -2.25. The highest BCUT2D eigenvalue weighted by Crippen LogP contribution is 2.36. The fraction of sp³-hybridized carbons (Fsp3) is 0.222. The highest BCUT2D eigenvalue weighted by molar-refractivity contribution is 6.04. The number of nitriles is 1. The third-order valence-corrected chi connectivity index (χ3v) is 3.91. The first-order valence-corrected chi connectivity index (χ1v) is 7.12. The second-order valence-electron chi connectivity index (χ2n) is 5.28. The lowest BCUT2D eigenvalue weighted by Crippen LogP contribution is -2.31. The molecule has 3 rings (SSSR count). The number of anilines is 2. The van der Waals surface area contributed by atoms with Crippen molar-refractivity contribution in [1.29, 1.82) is 5.26 Å². The van der Waals surface area contributed by atoms with Gasteiger partial charge in [0, 0.05) is 0 Å². The molecule has 2 aromatic carbocycles. The average Bonchev–Trinajstić information content (AvgIpc) is 2.70. The Hall–Kier alpha value is -2.60. The van der Waals surface area contributed by atoms with Crippen LogP contribution in [0, 0.1) is 17.2 Å². The number of carbonyl (C=O) groups excluding carboxylic acids is 1. The van der Waals surface area contributed by atoms with Crippen LogP contribution in [0.3, 0.4) is 0 Å². The molecule has 0 fully saturated rings. The molecule has 21 heavy (non-hydrogen) atoms. The maximum atomic E-state index is 12.7. The van der Waals surface area contributed by atoms with Crippen LogP contribution >= 0.6 is 0 Å². The number of rotatable bonds is 1. The van der Waals surface area contributed by atoms with Crippen molar-refractivity contribution in [3.05, 3.63) is 59.7 Å². The fourth-order valence-electron chi connectivity index (χ4n) is 2.77. The summed E-state index contributed by atoms with van der Waals surface area (Å²) in [4.78, 5) is 14.4. The Morgan fingerprint density at radius 3 is 2.00 bits per heavy atom. The maximum Gasteiger partial charge on any atom is 0.248 e. The van der Waals surface area contributed by atoms with Crippen molar-refractivity contribution in [1.82, 2.24) is 0 Å². The quantitative estimate of drug-likeness (QED) is 0.798. The van der Waals surface area contributed by atoms with Crippen LogP contribution in [0.25, 0.3) is 0 Å². The summed E-state index contributed by atoms with van der Waals surface area (Å²) < 4.78 is 0. The molecule has 104 valence electrons. The summed E-state index contributed by atoms with van der Waals surface area (Å²) >= 11 is 0. The average molecular weight is 276 g/mol. The highest BCUT2D eigenvalue weighted by atomic mass is 16.2. The molecule has 0 N–H and O–H groups in total. The molecule has 3 nitrogen and oxygen atoms in total. The Morgan fingerprint density at radius 1 is 1.05 bits per heavy atom. The van der Waals surface area contributed by atoms with E-state index in [9.17, 15) is 4.79 Å². The monoisotopic (exact) mass is 276 g/mol. The van der Waals surface area contributed by atoms with E-state index in [2.05, 4.69) is 18.2 Å². The molecule has 0 radical (unpaired) electrons. The van der Waals surface area contributed by atoms with Crippen LogP contribution in [0.4, 0.5) is 11.4 Å². The third kappa shape index (κ3) is 2.30. The van der Waals surface area contributed by atoms with Crippen LogP contribution < -0.4 is 4.90 Å². The third-order valence-electron chi connectivity index (χ3n) is 3.91. The SMILES string of the molecule is CC(C#N)C(=O)N1c2ccccc2CCc2ccccc21. The predicted octanol–water partition coefficient (Wildman–Crippen LogP) is 3.61. The molecule has 0 aliphatic carbocycles. The normalized spacial score (nSPS) is 14.4. The van der Waals surface area contributed by atoms with E-state index in [1.54, 1.807) is 11.8 Å². The van der Waals surface area contributed by atoms with Crippen molar-refractivity contribution >= 4 is 17.3 Å². The van der Waals surface area contributed by atoms with Gasteiger partial charge in [0.25, 0.3) is 0 Å². The van der Waals surface area contributed by atoms with E-state index >= 15 is 0 Å². The number of para-hydroxylation sites is 2. The molecule has 0 bridgehead atoms. The van der Waals surface area contributed by atoms with Crippen molar-refractivity contribution in [2.75, 3.05) is 4.90 Å². The largest absolute Gasteiger partial charge is 0.279 e. The number of amides is 1. The maximum absolute atomic E-state index is 12.7. The second kappa shape index (κ2) is 5.41. The van der Waals surface area contributed by atoms with E-state index < -0.39 is 5.92 Å². The Morgan fingerprint density at radius 2 is 1.52 bits per heavy atom. The molecular weight excluding hydrogens is 260 g/mol. The molecule has 1 heterocycles. The molecule has 1 unspecified atom stereocenters. The van der Waals surface area contributed by atoms with E-state index in [4.69, 9.17) is 5.26 Å². The van der Waals surface area contributed by atoms with Gasteiger partial charge in [0.15, 0.2) is 0 Å². The van der Waals surface area contributed by atoms with E-state index in [0.717, 1.165) is 35.3 Å². The Labute approximate surface area is 124 Å². The van der Waals surface area contributed by atoms with Gasteiger partial charge in [-0.2, -0.15) is 5.26 Å². The summed E-state index contributed by atoms with van der Waals surface area (Å²) in [7, 11) is 0. The van der Waals surface area contributed by atoms with Crippen molar-refractivity contribution in [2.45, 2.75) is 19.8 Å². The number of fused-ring (bicyclic) bond motifs is 2. The molecule has 1 atom stereocenters. The Balaban J connectivity index is 2.21. The summed E-state index contributed by atoms with van der Waals surface area (Å²) in [6, 6.07) is 17.9. The number of carbonyl (C=O) groups is 1. The van der Waals surface area contributed by atoms with Gasteiger partial charge in [0.05, 0.1) is 17.4 Å². The Bertz CT molecular complexity index is 682. The van der Waals surface area contributed by atoms with Gasteiger partial charge in [-0.1, -0.05) is 36.4 Å². The Kier molecular flexibility index (Phi) is 3.45. The standard InChI is InChI=1S/C18H16N2O/c1-13(12-19)18(21)20-16-8-4-2-6-14(16)10-11-15-7-3-5-9-17(15)20/h2-9,13H,10-11H2,1H3. The molecular formula is C18H16N2O. The molecule has 0 saturated heterocycles. The van der Waals surface area contributed by atoms with E-state index in [1.807, 2.05) is 36.4 Å². The van der Waals surface area contributed by atoms with Crippen LogP contribution in [0.15, 0.2) is 48.5 Å². The first kappa shape index (κ1) is 13.4. The van der Waals surface area contributed by atoms with Gasteiger partial charge >= 0.3 is 0 Å². The lowest BCUT2D eigenvalue weighted by molar-refractivity contribution is -0.119. The molecule has 1 amide bonds. The van der Waals surface area contributed by atoms with Gasteiger partial charge in [-0.3, -0.25) is 9.69 Å². The number of aryl methyl sites for hydroxylation is 2. The molecule has 0 spiro atoms. The minimum atomic E-state index is -0.663. The highest BCUT2D eigenvalue weighted by Gasteiger charge is 2.28. The van der Waals surface area contributed by atoms with Crippen LogP contribution in [-0.2, 0) is 17.6 Å². The minimum absolute atomic E-state index is 0.167. The van der Waals surface area contributed by atoms with Gasteiger partial charge < -0.3 is 0 Å². The molecule has 3 heteroatoms. The fourth-order valence-corrected chi connectivity index (χ4v) is 2.77. The molecule has 0 saturated carbocycles. The zero-order valence-electron chi connectivity index (χ0n) is 11.9. The number of hydrogen-bond acceptors (Lipinski definition) is 2. The van der Waals surface area contributed by atoms with Crippen molar-refractivity contribution in [3.63, 3.8) is 0 Å². The van der Waals surface area contributed by atoms with Gasteiger partial charge in [0.2, 0.25) is 5.91 Å². The van der Waals surface area contributed by atoms with Crippen molar-refractivity contribution < 1.29 is 4.79 Å². The topological polar surface area (TPSA) is 44.1 Å². The van der Waals surface area contributed by atoms with Gasteiger partial charge in [-0.05, 0) is 43.0 Å². The molecule has 2 aromatic rings. The molecule has 1 aliphatic heterocycles. The second-order valence-corrected chi connectivity index (χ2v) is 5.28. The summed E-state index contributed by atoms with van der Waals surface area (Å²) in [5.41, 5.74) is 4.09. The summed E-state index contributed by atoms with van der Waals surface area (Å²) in [5.74, 6) is -0.830. The van der Waals surface area contributed by atoms with Crippen molar-refractivity contribution in [2.24, 2.45) is 5.92 Å². The first-order valence-electron chi connectivity index (χ1n) is 7.12. The summed E-state index contributed by atoms with van der Waals surface area (Å²) in [6.45, 7) is 1.65. The van der Waals surface area contributed by atoms with E-state index in [-0.39, 0.29) is 5.91 Å². The number of nitrogens with zero attached hydrogens (tertiary/aromatic N) is 2. The smallest absolute Gasteiger partial charge is 0.248 e. The number of hydrogen-bond donors (Lipinski definition) is 0. The summed E-state index contributed by atoms with van der Waals surface area (Å²) in [6.07, 6.45) is 1.80. The minimum Gasteiger partial charge on any atom is -0.279 e. The van der Waals surface area contributed by atoms with Crippen LogP contribution in [0.5, 0.6) is 0 Å². The molecule has 1 aliphatic rings. The predicted molar refractivity (Wildman–Crippen MR) is 82.2 cm³/mol. The number of benzene rings is 2. The van der Waals surface area contributed by atoms with Gasteiger partial charge in [0.1, 0.15) is 5.92 Å². The lowest BCUT2D eigenvalue weighted by atomic mass is 10.0. The van der Waals surface area contributed by atoms with Crippen molar-refractivity contribution in [3.8, 4) is 6.07 Å². The van der Waals surface area contributed by atoms with Gasteiger partial charge in [-0.15, -0.1) is 0 Å². The van der Waals surface area contributed by atoms with Crippen LogP contribution in [0.2, 0.25) is 0 Å². The summed E-state index contributed by atoms with van der Waals surface area (Å²) in [5, 5.41) is 9.10. The zero-order valence-corrected chi connectivity index (χ0v) is 11.9. The zero-order chi connectivity index (χ0) is 14.8.